The Hall–Kier alpha value is -1.95. The Balaban J connectivity index is 2.32. The van der Waals surface area contributed by atoms with Crippen LogP contribution < -0.4 is 4.74 Å². The molecule has 0 aliphatic carbocycles. The summed E-state index contributed by atoms with van der Waals surface area (Å²) in [5.41, 5.74) is -6.67. The fourth-order valence-corrected chi connectivity index (χ4v) is 5.53. The quantitative estimate of drug-likeness (QED) is 0.0419. The second kappa shape index (κ2) is 15.5. The first-order valence-electron chi connectivity index (χ1n) is 13.1. The van der Waals surface area contributed by atoms with Crippen molar-refractivity contribution in [3.63, 3.8) is 0 Å². The largest absolute Gasteiger partial charge is 0.438 e. The molecule has 17 heteroatoms. The van der Waals surface area contributed by atoms with Crippen LogP contribution in [0, 0.1) is 10.8 Å². The predicted octanol–water partition coefficient (Wildman–Crippen LogP) is 10.3. The summed E-state index contributed by atoms with van der Waals surface area (Å²) in [4.78, 5) is 36.8. The number of allylic oxidation sites excluding steroid dienone is 1. The van der Waals surface area contributed by atoms with E-state index in [4.69, 9.17) is 81.3 Å². The van der Waals surface area contributed by atoms with Gasteiger partial charge in [-0.1, -0.05) is 82.3 Å². The predicted molar refractivity (Wildman–Crippen MR) is 172 cm³/mol. The molecule has 0 N–H and O–H groups in total. The molecule has 2 rings (SSSR count). The number of hydrogen-bond acceptors (Lipinski definition) is 9. The molecule has 0 saturated heterocycles. The summed E-state index contributed by atoms with van der Waals surface area (Å²) in [5.74, 6) is -2.95. The number of carbonyl (C=O) groups excluding carboxylic acids is 3. The minimum Gasteiger partial charge on any atom is -0.438 e. The van der Waals surface area contributed by atoms with Crippen molar-refractivity contribution in [2.24, 2.45) is 10.8 Å². The molecule has 0 aliphatic heterocycles. The molecule has 0 fully saturated rings. The fourth-order valence-electron chi connectivity index (χ4n) is 3.09. The van der Waals surface area contributed by atoms with Crippen LogP contribution in [0.3, 0.4) is 0 Å². The van der Waals surface area contributed by atoms with E-state index in [9.17, 15) is 18.9 Å². The van der Waals surface area contributed by atoms with Crippen molar-refractivity contribution >= 4 is 89.1 Å². The Morgan fingerprint density at radius 1 is 0.739 bits per heavy atom. The van der Waals surface area contributed by atoms with Crippen LogP contribution in [0.4, 0.5) is 8.78 Å². The first-order valence-corrected chi connectivity index (χ1v) is 16.5. The van der Waals surface area contributed by atoms with Crippen molar-refractivity contribution in [1.82, 2.24) is 0 Å². The van der Waals surface area contributed by atoms with Crippen LogP contribution in [0.15, 0.2) is 30.3 Å². The molecule has 0 heterocycles. The van der Waals surface area contributed by atoms with Crippen LogP contribution in [-0.4, -0.2) is 31.5 Å². The standard InChI is InChI=1S/C29H30Cl5F2O9P/c1-15(12-18(37)45-24-22(33)20(31)19(30)21(32)23(24)34)16-8-10-17(11-9-16)29(35,36)46(40,43-13-41-25(38)27(2,3)4)44-14-42-26(39)28(5,6)7/h8-12H,13-14H2,1-7H3/b15-12+. The van der Waals surface area contributed by atoms with Crippen molar-refractivity contribution in [2.75, 3.05) is 13.6 Å². The van der Waals surface area contributed by atoms with Gasteiger partial charge in [0.05, 0.1) is 25.9 Å². The van der Waals surface area contributed by atoms with Gasteiger partial charge in [-0.05, 0) is 59.6 Å². The van der Waals surface area contributed by atoms with Crippen molar-refractivity contribution in [2.45, 2.75) is 54.1 Å². The highest BCUT2D eigenvalue weighted by Crippen LogP contribution is 2.67. The van der Waals surface area contributed by atoms with E-state index in [1.54, 1.807) is 0 Å². The number of halogens is 7. The Kier molecular flexibility index (Phi) is 13.6. The van der Waals surface area contributed by atoms with Gasteiger partial charge in [0.1, 0.15) is 10.0 Å². The van der Waals surface area contributed by atoms with Gasteiger partial charge < -0.3 is 14.2 Å². The maximum absolute atomic E-state index is 15.7. The fraction of sp³-hybridized carbons (Fsp3) is 0.414. The van der Waals surface area contributed by atoms with Crippen molar-refractivity contribution in [3.8, 4) is 5.75 Å². The van der Waals surface area contributed by atoms with Crippen LogP contribution in [0.25, 0.3) is 5.57 Å². The molecule has 46 heavy (non-hydrogen) atoms. The molecule has 2 aromatic rings. The van der Waals surface area contributed by atoms with E-state index >= 15 is 8.78 Å². The zero-order chi connectivity index (χ0) is 35.4. The zero-order valence-electron chi connectivity index (χ0n) is 25.6. The van der Waals surface area contributed by atoms with Crippen molar-refractivity contribution in [1.29, 1.82) is 0 Å². The number of benzene rings is 2. The molecule has 0 atom stereocenters. The lowest BCUT2D eigenvalue weighted by Gasteiger charge is -2.27. The van der Waals surface area contributed by atoms with E-state index in [-0.39, 0.29) is 42.0 Å². The second-order valence-corrected chi connectivity index (χ2v) is 15.6. The molecule has 0 aromatic heterocycles. The highest BCUT2D eigenvalue weighted by atomic mass is 35.5. The monoisotopic (exact) mass is 766 g/mol. The number of carbonyl (C=O) groups is 3. The van der Waals surface area contributed by atoms with Gasteiger partial charge in [-0.2, -0.15) is 8.78 Å². The molecule has 2 aromatic carbocycles. The maximum Gasteiger partial charge on any atom is 0.410 e. The van der Waals surface area contributed by atoms with Crippen LogP contribution >= 0.6 is 65.6 Å². The Labute approximate surface area is 289 Å². The lowest BCUT2D eigenvalue weighted by molar-refractivity contribution is -0.163. The molecular weight excluding hydrogens is 739 g/mol. The van der Waals surface area contributed by atoms with E-state index in [1.165, 1.54) is 60.6 Å². The summed E-state index contributed by atoms with van der Waals surface area (Å²) < 4.78 is 69.5. The summed E-state index contributed by atoms with van der Waals surface area (Å²) in [7, 11) is -5.52. The van der Waals surface area contributed by atoms with E-state index in [0.29, 0.717) is 0 Å². The van der Waals surface area contributed by atoms with Crippen LogP contribution in [0.5, 0.6) is 5.75 Å². The highest BCUT2D eigenvalue weighted by molar-refractivity contribution is 7.54. The van der Waals surface area contributed by atoms with Crippen LogP contribution in [0.1, 0.15) is 59.6 Å². The Morgan fingerprint density at radius 3 is 1.52 bits per heavy atom. The van der Waals surface area contributed by atoms with Gasteiger partial charge in [0.25, 0.3) is 0 Å². The SMILES string of the molecule is C/C(=C\C(=O)Oc1c(Cl)c(Cl)c(Cl)c(Cl)c1Cl)c1ccc(C(F)(F)P(=O)(OCOC(=O)C(C)(C)C)OCOC(=O)C(C)(C)C)cc1. The van der Waals surface area contributed by atoms with E-state index in [1.807, 2.05) is 0 Å². The summed E-state index contributed by atoms with van der Waals surface area (Å²) in [6.45, 7) is 8.26. The molecule has 0 saturated carbocycles. The van der Waals surface area contributed by atoms with Gasteiger partial charge >= 0.3 is 31.2 Å². The summed E-state index contributed by atoms with van der Waals surface area (Å²) >= 11 is 30.1. The van der Waals surface area contributed by atoms with Gasteiger partial charge in [0, 0.05) is 11.6 Å². The topological polar surface area (TPSA) is 114 Å². The first kappa shape index (κ1) is 40.2. The summed E-state index contributed by atoms with van der Waals surface area (Å²) in [6.07, 6.45) is 1.01. The van der Waals surface area contributed by atoms with Crippen molar-refractivity contribution < 1.29 is 51.0 Å². The van der Waals surface area contributed by atoms with Gasteiger partial charge in [-0.25, -0.2) is 4.79 Å². The van der Waals surface area contributed by atoms with Crippen LogP contribution in [-0.2, 0) is 43.1 Å². The maximum atomic E-state index is 15.7. The summed E-state index contributed by atoms with van der Waals surface area (Å²) in [5, 5.41) is -1.05. The number of ether oxygens (including phenoxy) is 3. The van der Waals surface area contributed by atoms with Gasteiger partial charge in [0.2, 0.25) is 13.6 Å². The number of esters is 3. The number of alkyl halides is 2. The third kappa shape index (κ3) is 9.80. The molecule has 0 unspecified atom stereocenters. The average molecular weight is 769 g/mol. The minimum atomic E-state index is -5.52. The summed E-state index contributed by atoms with van der Waals surface area (Å²) in [6, 6.07) is 4.21. The van der Waals surface area contributed by atoms with E-state index < -0.39 is 61.1 Å². The Morgan fingerprint density at radius 2 is 1.13 bits per heavy atom. The van der Waals surface area contributed by atoms with Crippen LogP contribution in [0.2, 0.25) is 25.1 Å². The third-order valence-electron chi connectivity index (χ3n) is 5.79. The van der Waals surface area contributed by atoms with Gasteiger partial charge in [-0.3, -0.25) is 23.2 Å². The molecule has 9 nitrogen and oxygen atoms in total. The third-order valence-corrected chi connectivity index (χ3v) is 9.87. The Bertz CT molecular complexity index is 1500. The van der Waals surface area contributed by atoms with Gasteiger partial charge in [-0.15, -0.1) is 0 Å². The minimum absolute atomic E-state index is 0.140. The molecule has 0 spiro atoms. The lowest BCUT2D eigenvalue weighted by Crippen LogP contribution is -2.27. The van der Waals surface area contributed by atoms with Crippen molar-refractivity contribution in [3.05, 3.63) is 66.6 Å². The second-order valence-electron chi connectivity index (χ2n) is 11.6. The molecule has 254 valence electrons. The normalized spacial score (nSPS) is 13.0. The molecule has 0 radical (unpaired) electrons. The number of rotatable bonds is 11. The first-order chi connectivity index (χ1) is 20.9. The zero-order valence-corrected chi connectivity index (χ0v) is 30.2. The highest BCUT2D eigenvalue weighted by Gasteiger charge is 2.56. The van der Waals surface area contributed by atoms with E-state index in [0.717, 1.165) is 18.2 Å². The molecular formula is C29H30Cl5F2O9P. The number of hydrogen-bond donors (Lipinski definition) is 0. The smallest absolute Gasteiger partial charge is 0.410 e. The molecule has 0 bridgehead atoms. The van der Waals surface area contributed by atoms with E-state index in [2.05, 4.69) is 0 Å². The van der Waals surface area contributed by atoms with Gasteiger partial charge in [0.15, 0.2) is 5.75 Å². The molecule has 0 aliphatic rings. The average Bonchev–Trinajstić information content (AvgIpc) is 2.96. The lowest BCUT2D eigenvalue weighted by atomic mass is 9.98. The molecule has 0 amide bonds.